The molecule has 1 saturated heterocycles. The van der Waals surface area contributed by atoms with Gasteiger partial charge in [-0.15, -0.1) is 0 Å². The van der Waals surface area contributed by atoms with Gasteiger partial charge in [-0.1, -0.05) is 17.7 Å². The zero-order valence-electron chi connectivity index (χ0n) is 14.7. The van der Waals surface area contributed by atoms with Gasteiger partial charge in [-0.25, -0.2) is 0 Å². The van der Waals surface area contributed by atoms with Crippen LogP contribution in [0.2, 0.25) is 5.02 Å². The lowest BCUT2D eigenvalue weighted by atomic mass is 10.1. The fraction of sp³-hybridized carbons (Fsp3) is 0.182. The van der Waals surface area contributed by atoms with Crippen LogP contribution >= 0.6 is 11.6 Å². The molecule has 2 heterocycles. The fourth-order valence-electron chi connectivity index (χ4n) is 3.27. The normalized spacial score (nSPS) is 16.3. The third-order valence-electron chi connectivity index (χ3n) is 4.69. The summed E-state index contributed by atoms with van der Waals surface area (Å²) in [6.45, 7) is 1.15. The number of carbonyl (C=O) groups excluding carboxylic acids is 2. The van der Waals surface area contributed by atoms with Gasteiger partial charge in [0.05, 0.1) is 0 Å². The lowest BCUT2D eigenvalue weighted by molar-refractivity contribution is -0.117. The number of anilines is 1. The van der Waals surface area contributed by atoms with Crippen LogP contribution in [0, 0.1) is 0 Å². The number of carbonyl (C=O) groups is 2. The van der Waals surface area contributed by atoms with Gasteiger partial charge in [-0.2, -0.15) is 0 Å². The predicted molar refractivity (Wildman–Crippen MR) is 106 cm³/mol. The number of rotatable bonds is 4. The number of hydrogen-bond acceptors (Lipinski definition) is 3. The average Bonchev–Trinajstić information content (AvgIpc) is 3.11. The number of halogens is 1. The molecule has 5 heteroatoms. The van der Waals surface area contributed by atoms with Gasteiger partial charge >= 0.3 is 0 Å². The minimum Gasteiger partial charge on any atom is -0.488 e. The van der Waals surface area contributed by atoms with E-state index in [-0.39, 0.29) is 11.7 Å². The van der Waals surface area contributed by atoms with Crippen LogP contribution in [0.5, 0.6) is 5.75 Å². The first-order valence-corrected chi connectivity index (χ1v) is 9.24. The smallest absolute Gasteiger partial charge is 0.227 e. The molecule has 27 heavy (non-hydrogen) atoms. The highest BCUT2D eigenvalue weighted by atomic mass is 35.5. The zero-order chi connectivity index (χ0) is 18.8. The SMILES string of the molecule is O=C(C=CC1=Cc2cc(Cl)ccc2OC1)c1ccc(N2CCCC2=O)cc1. The van der Waals surface area contributed by atoms with E-state index < -0.39 is 0 Å². The van der Waals surface area contributed by atoms with E-state index in [1.807, 2.05) is 30.3 Å². The van der Waals surface area contributed by atoms with Gasteiger partial charge in [-0.05, 0) is 66.6 Å². The van der Waals surface area contributed by atoms with Crippen molar-refractivity contribution in [1.29, 1.82) is 0 Å². The van der Waals surface area contributed by atoms with E-state index in [0.717, 1.165) is 35.5 Å². The molecule has 2 aliphatic rings. The van der Waals surface area contributed by atoms with Crippen LogP contribution in [0.1, 0.15) is 28.8 Å². The molecule has 0 aliphatic carbocycles. The van der Waals surface area contributed by atoms with Gasteiger partial charge < -0.3 is 9.64 Å². The molecule has 0 aromatic heterocycles. The second-order valence-corrected chi connectivity index (χ2v) is 7.02. The Balaban J connectivity index is 1.47. The number of ether oxygens (including phenoxy) is 1. The second kappa shape index (κ2) is 7.41. The van der Waals surface area contributed by atoms with E-state index in [0.29, 0.717) is 23.6 Å². The Morgan fingerprint density at radius 3 is 2.70 bits per heavy atom. The van der Waals surface area contributed by atoms with Crippen molar-refractivity contribution in [2.45, 2.75) is 12.8 Å². The highest BCUT2D eigenvalue weighted by Crippen LogP contribution is 2.29. The van der Waals surface area contributed by atoms with Crippen molar-refractivity contribution in [3.63, 3.8) is 0 Å². The molecule has 4 nitrogen and oxygen atoms in total. The molecule has 1 amide bonds. The van der Waals surface area contributed by atoms with Crippen molar-refractivity contribution in [1.82, 2.24) is 0 Å². The van der Waals surface area contributed by atoms with Gasteiger partial charge in [0.2, 0.25) is 5.91 Å². The summed E-state index contributed by atoms with van der Waals surface area (Å²) < 4.78 is 5.68. The molecule has 0 atom stereocenters. The zero-order valence-corrected chi connectivity index (χ0v) is 15.4. The van der Waals surface area contributed by atoms with Crippen molar-refractivity contribution in [3.8, 4) is 5.75 Å². The number of nitrogens with zero attached hydrogens (tertiary/aromatic N) is 1. The van der Waals surface area contributed by atoms with E-state index in [1.54, 1.807) is 35.3 Å². The van der Waals surface area contributed by atoms with Crippen molar-refractivity contribution in [2.24, 2.45) is 0 Å². The first-order chi connectivity index (χ1) is 13.1. The van der Waals surface area contributed by atoms with Crippen LogP contribution < -0.4 is 9.64 Å². The maximum atomic E-state index is 12.4. The van der Waals surface area contributed by atoms with E-state index in [4.69, 9.17) is 16.3 Å². The Morgan fingerprint density at radius 1 is 1.15 bits per heavy atom. The molecule has 2 aromatic rings. The topological polar surface area (TPSA) is 46.6 Å². The molecule has 4 rings (SSSR count). The molecule has 2 aliphatic heterocycles. The second-order valence-electron chi connectivity index (χ2n) is 6.58. The average molecular weight is 380 g/mol. The molecule has 0 radical (unpaired) electrons. The number of fused-ring (bicyclic) bond motifs is 1. The Bertz CT molecular complexity index is 960. The highest BCUT2D eigenvalue weighted by molar-refractivity contribution is 6.30. The van der Waals surface area contributed by atoms with Crippen molar-refractivity contribution in [2.75, 3.05) is 18.1 Å². The molecule has 0 spiro atoms. The minimum absolute atomic E-state index is 0.0907. The highest BCUT2D eigenvalue weighted by Gasteiger charge is 2.21. The number of ketones is 1. The molecule has 0 bridgehead atoms. The van der Waals surface area contributed by atoms with E-state index in [1.165, 1.54) is 0 Å². The lowest BCUT2D eigenvalue weighted by Crippen LogP contribution is -2.23. The third-order valence-corrected chi connectivity index (χ3v) is 4.93. The summed E-state index contributed by atoms with van der Waals surface area (Å²) in [7, 11) is 0. The van der Waals surface area contributed by atoms with Crippen LogP contribution in [0.25, 0.3) is 6.08 Å². The summed E-state index contributed by atoms with van der Waals surface area (Å²) in [5.74, 6) is 0.834. The Hall–Kier alpha value is -2.85. The van der Waals surface area contributed by atoms with Crippen LogP contribution in [0.3, 0.4) is 0 Å². The molecule has 1 fully saturated rings. The van der Waals surface area contributed by atoms with Gasteiger partial charge in [0.15, 0.2) is 5.78 Å². The maximum Gasteiger partial charge on any atom is 0.227 e. The van der Waals surface area contributed by atoms with Crippen molar-refractivity contribution < 1.29 is 14.3 Å². The Labute approximate surface area is 162 Å². The third kappa shape index (κ3) is 3.81. The summed E-state index contributed by atoms with van der Waals surface area (Å²) in [5, 5.41) is 0.645. The van der Waals surface area contributed by atoms with E-state index in [9.17, 15) is 9.59 Å². The number of allylic oxidation sites excluding steroid dienone is 1. The summed E-state index contributed by atoms with van der Waals surface area (Å²) in [5.41, 5.74) is 3.23. The van der Waals surface area contributed by atoms with Crippen LogP contribution in [0.15, 0.2) is 60.2 Å². The molecule has 0 N–H and O–H groups in total. The fourth-order valence-corrected chi connectivity index (χ4v) is 3.45. The Kier molecular flexibility index (Phi) is 4.82. The van der Waals surface area contributed by atoms with Crippen LogP contribution in [0.4, 0.5) is 5.69 Å². The monoisotopic (exact) mass is 379 g/mol. The summed E-state index contributed by atoms with van der Waals surface area (Å²) in [4.78, 5) is 26.0. The van der Waals surface area contributed by atoms with Gasteiger partial charge in [0.1, 0.15) is 12.4 Å². The minimum atomic E-state index is -0.0907. The first kappa shape index (κ1) is 17.6. The van der Waals surface area contributed by atoms with E-state index >= 15 is 0 Å². The standard InChI is InChI=1S/C22H18ClNO3/c23-18-6-10-21-17(13-18)12-15(14-27-21)3-9-20(25)16-4-7-19(8-5-16)24-11-1-2-22(24)26/h3-10,12-13H,1-2,11,14H2. The lowest BCUT2D eigenvalue weighted by Gasteiger charge is -2.16. The quantitative estimate of drug-likeness (QED) is 0.572. The summed E-state index contributed by atoms with van der Waals surface area (Å²) in [6, 6.07) is 12.6. The van der Waals surface area contributed by atoms with Gasteiger partial charge in [0.25, 0.3) is 0 Å². The largest absolute Gasteiger partial charge is 0.488 e. The van der Waals surface area contributed by atoms with Crippen molar-refractivity contribution >= 4 is 35.1 Å². The number of hydrogen-bond donors (Lipinski definition) is 0. The number of amides is 1. The first-order valence-electron chi connectivity index (χ1n) is 8.86. The number of benzene rings is 2. The summed E-state index contributed by atoms with van der Waals surface area (Å²) >= 11 is 6.02. The maximum absolute atomic E-state index is 12.4. The molecular formula is C22H18ClNO3. The molecule has 0 saturated carbocycles. The molecule has 2 aromatic carbocycles. The van der Waals surface area contributed by atoms with Crippen LogP contribution in [-0.2, 0) is 4.79 Å². The molecular weight excluding hydrogens is 362 g/mol. The van der Waals surface area contributed by atoms with Crippen molar-refractivity contribution in [3.05, 3.63) is 76.3 Å². The Morgan fingerprint density at radius 2 is 1.96 bits per heavy atom. The predicted octanol–water partition coefficient (Wildman–Crippen LogP) is 4.68. The van der Waals surface area contributed by atoms with E-state index in [2.05, 4.69) is 0 Å². The van der Waals surface area contributed by atoms with Gasteiger partial charge in [0, 0.05) is 34.8 Å². The van der Waals surface area contributed by atoms with Crippen LogP contribution in [-0.4, -0.2) is 24.8 Å². The van der Waals surface area contributed by atoms with Gasteiger partial charge in [-0.3, -0.25) is 9.59 Å². The molecule has 136 valence electrons. The molecule has 0 unspecified atom stereocenters. The summed E-state index contributed by atoms with van der Waals surface area (Å²) in [6.07, 6.45) is 6.75.